The lowest BCUT2D eigenvalue weighted by Gasteiger charge is -2.41. The van der Waals surface area contributed by atoms with Crippen LogP contribution >= 0.6 is 0 Å². The number of hydrazine groups is 1. The molecule has 0 atom stereocenters. The molecule has 1 aliphatic heterocycles. The monoisotopic (exact) mass is 251 g/mol. The van der Waals surface area contributed by atoms with Gasteiger partial charge in [-0.2, -0.15) is 0 Å². The molecule has 0 spiro atoms. The molecule has 0 unspecified atom stereocenters. The third kappa shape index (κ3) is 1.82. The Kier molecular flexibility index (Phi) is 2.78. The Labute approximate surface area is 104 Å². The quantitative estimate of drug-likeness (QED) is 0.169. The van der Waals surface area contributed by atoms with Crippen molar-refractivity contribution in [3.8, 4) is 5.75 Å². The van der Waals surface area contributed by atoms with Crippen molar-refractivity contribution < 1.29 is 4.74 Å². The Balaban J connectivity index is 2.68. The van der Waals surface area contributed by atoms with Gasteiger partial charge >= 0.3 is 0 Å². The summed E-state index contributed by atoms with van der Waals surface area (Å²) in [6, 6.07) is 6.99. The molecule has 13 N–H and O–H groups in total. The first-order chi connectivity index (χ1) is 8.29. The average Bonchev–Trinajstić information content (AvgIpc) is 2.27. The van der Waals surface area contributed by atoms with E-state index >= 15 is 0 Å². The predicted octanol–water partition coefficient (Wildman–Crippen LogP) is -2.65. The topological polar surface area (TPSA) is 177 Å². The Morgan fingerprint density at radius 3 is 2.39 bits per heavy atom. The number of hydrogen-bond acceptors (Lipinski definition) is 8. The number of nitrogens with two attached hydrogens (primary N) is 6. The van der Waals surface area contributed by atoms with Gasteiger partial charge in [-0.3, -0.25) is 28.8 Å². The molecule has 8 nitrogen and oxygen atoms in total. The van der Waals surface area contributed by atoms with Crippen LogP contribution in [0.1, 0.15) is 5.56 Å². The van der Waals surface area contributed by atoms with Crippen molar-refractivity contribution in [1.82, 2.24) is 5.43 Å². The molecule has 8 heteroatoms. The third-order valence-corrected chi connectivity index (χ3v) is 2.77. The Hall–Kier alpha value is -1.68. The number of benzene rings is 1. The molecule has 0 saturated carbocycles. The molecule has 1 aliphatic rings. The Morgan fingerprint density at radius 1 is 1.17 bits per heavy atom. The van der Waals surface area contributed by atoms with Gasteiger partial charge in [0.2, 0.25) is 5.85 Å². The molecule has 0 fully saturated rings. The van der Waals surface area contributed by atoms with Crippen LogP contribution in [0, 0.1) is 0 Å². The van der Waals surface area contributed by atoms with E-state index in [9.17, 15) is 0 Å². The van der Waals surface area contributed by atoms with Gasteiger partial charge in [0.1, 0.15) is 5.75 Å². The molecule has 1 aromatic carbocycles. The summed E-state index contributed by atoms with van der Waals surface area (Å²) in [6.07, 6.45) is 0. The van der Waals surface area contributed by atoms with Gasteiger partial charge in [0.25, 0.3) is 0 Å². The molecule has 0 aliphatic carbocycles. The van der Waals surface area contributed by atoms with Crippen LogP contribution in [0.5, 0.6) is 5.75 Å². The van der Waals surface area contributed by atoms with E-state index in [0.29, 0.717) is 11.3 Å². The maximum Gasteiger partial charge on any atom is 0.242 e. The van der Waals surface area contributed by atoms with Gasteiger partial charge in [-0.05, 0) is 12.1 Å². The van der Waals surface area contributed by atoms with Crippen LogP contribution in [-0.4, -0.2) is 11.6 Å². The van der Waals surface area contributed by atoms with E-state index in [1.165, 1.54) is 0 Å². The molecule has 0 radical (unpaired) electrons. The smallest absolute Gasteiger partial charge is 0.242 e. The highest BCUT2D eigenvalue weighted by Crippen LogP contribution is 2.36. The maximum atomic E-state index is 6.01. The summed E-state index contributed by atoms with van der Waals surface area (Å²) >= 11 is 0. The molecular formula is C10H17N7O. The van der Waals surface area contributed by atoms with Gasteiger partial charge in [-0.25, -0.2) is 5.43 Å². The highest BCUT2D eigenvalue weighted by molar-refractivity contribution is 5.75. The molecule has 0 bridgehead atoms. The summed E-state index contributed by atoms with van der Waals surface area (Å²) in [5.41, 5.74) is 32.4. The highest BCUT2D eigenvalue weighted by atomic mass is 16.5. The fourth-order valence-corrected chi connectivity index (χ4v) is 1.97. The molecule has 2 rings (SSSR count). The van der Waals surface area contributed by atoms with Crippen molar-refractivity contribution in [2.75, 3.05) is 0 Å². The normalized spacial score (nSPS) is 18.3. The van der Waals surface area contributed by atoms with Gasteiger partial charge in [0, 0.05) is 5.56 Å². The van der Waals surface area contributed by atoms with Crippen molar-refractivity contribution in [3.05, 3.63) is 35.4 Å². The van der Waals surface area contributed by atoms with Crippen molar-refractivity contribution in [2.45, 2.75) is 11.6 Å². The predicted molar refractivity (Wildman–Crippen MR) is 67.7 cm³/mol. The SMILES string of the molecule is NNC(N)(N)C1=C(N)c2ccccc2OC1(N)N. The minimum absolute atomic E-state index is 0.0798. The minimum Gasteiger partial charge on any atom is -0.455 e. The van der Waals surface area contributed by atoms with Gasteiger partial charge in [0.05, 0.1) is 11.3 Å². The summed E-state index contributed by atoms with van der Waals surface area (Å²) < 4.78 is 5.45. The third-order valence-electron chi connectivity index (χ3n) is 2.77. The summed E-state index contributed by atoms with van der Waals surface area (Å²) in [7, 11) is 0. The lowest BCUT2D eigenvalue weighted by atomic mass is 9.94. The van der Waals surface area contributed by atoms with Crippen LogP contribution in [0.15, 0.2) is 29.8 Å². The second-order valence-electron chi connectivity index (χ2n) is 4.19. The zero-order chi connectivity index (χ0) is 13.6. The second-order valence-corrected chi connectivity index (χ2v) is 4.19. The van der Waals surface area contributed by atoms with E-state index in [-0.39, 0.29) is 11.3 Å². The molecular weight excluding hydrogens is 234 g/mol. The van der Waals surface area contributed by atoms with Crippen LogP contribution in [0.2, 0.25) is 0 Å². The second kappa shape index (κ2) is 3.92. The molecule has 1 aromatic rings. The number of para-hydroxylation sites is 1. The highest BCUT2D eigenvalue weighted by Gasteiger charge is 2.44. The molecule has 1 heterocycles. The summed E-state index contributed by atoms with van der Waals surface area (Å²) in [4.78, 5) is 0. The first-order valence-corrected chi connectivity index (χ1v) is 5.22. The standard InChI is InChI=1S/C10H17N7O/c11-7-5-3-1-2-4-6(5)18-10(14,15)8(7)9(12,13)17-16/h1-4,17H,11-16H2. The molecule has 98 valence electrons. The van der Waals surface area contributed by atoms with Crippen LogP contribution in [0.4, 0.5) is 0 Å². The molecule has 0 saturated heterocycles. The number of rotatable bonds is 2. The zero-order valence-electron chi connectivity index (χ0n) is 9.68. The van der Waals surface area contributed by atoms with Crippen LogP contribution in [0.3, 0.4) is 0 Å². The molecule has 0 aromatic heterocycles. The summed E-state index contributed by atoms with van der Waals surface area (Å²) in [5.74, 6) is 2.32. The van der Waals surface area contributed by atoms with Gasteiger partial charge < -0.3 is 10.5 Å². The van der Waals surface area contributed by atoms with Gasteiger partial charge in [-0.15, -0.1) is 0 Å². The van der Waals surface area contributed by atoms with Crippen LogP contribution in [-0.2, 0) is 0 Å². The van der Waals surface area contributed by atoms with E-state index in [2.05, 4.69) is 5.43 Å². The lowest BCUT2D eigenvalue weighted by Crippen LogP contribution is -2.74. The fraction of sp³-hybridized carbons (Fsp3) is 0.200. The first-order valence-electron chi connectivity index (χ1n) is 5.22. The lowest BCUT2D eigenvalue weighted by molar-refractivity contribution is 0.0958. The van der Waals surface area contributed by atoms with Gasteiger partial charge in [0.15, 0.2) is 5.79 Å². The Bertz CT molecular complexity index is 509. The van der Waals surface area contributed by atoms with Gasteiger partial charge in [-0.1, -0.05) is 12.1 Å². The summed E-state index contributed by atoms with van der Waals surface area (Å²) in [6.45, 7) is 0. The van der Waals surface area contributed by atoms with Crippen LogP contribution < -0.4 is 44.7 Å². The van der Waals surface area contributed by atoms with E-state index in [1.807, 2.05) is 0 Å². The van der Waals surface area contributed by atoms with E-state index in [1.54, 1.807) is 24.3 Å². The van der Waals surface area contributed by atoms with E-state index in [4.69, 9.17) is 39.2 Å². The Morgan fingerprint density at radius 2 is 1.78 bits per heavy atom. The number of hydrogen-bond donors (Lipinski definition) is 7. The maximum absolute atomic E-state index is 6.01. The minimum atomic E-state index is -1.74. The number of ether oxygens (including phenoxy) is 1. The van der Waals surface area contributed by atoms with Crippen molar-refractivity contribution in [2.24, 2.45) is 34.5 Å². The van der Waals surface area contributed by atoms with E-state index in [0.717, 1.165) is 0 Å². The van der Waals surface area contributed by atoms with Crippen molar-refractivity contribution in [3.63, 3.8) is 0 Å². The fourth-order valence-electron chi connectivity index (χ4n) is 1.97. The van der Waals surface area contributed by atoms with Crippen LogP contribution in [0.25, 0.3) is 5.70 Å². The van der Waals surface area contributed by atoms with Crippen molar-refractivity contribution in [1.29, 1.82) is 0 Å². The van der Waals surface area contributed by atoms with E-state index < -0.39 is 11.6 Å². The molecule has 18 heavy (non-hydrogen) atoms. The number of nitrogens with one attached hydrogen (secondary N) is 1. The zero-order valence-corrected chi connectivity index (χ0v) is 9.68. The largest absolute Gasteiger partial charge is 0.455 e. The van der Waals surface area contributed by atoms with Crippen molar-refractivity contribution >= 4 is 5.70 Å². The first kappa shape index (κ1) is 12.8. The average molecular weight is 251 g/mol. The molecule has 0 amide bonds. The summed E-state index contributed by atoms with van der Waals surface area (Å²) in [5, 5.41) is 0. The number of fused-ring (bicyclic) bond motifs is 1.